The Hall–Kier alpha value is -3.07. The number of hydrogen-bond acceptors (Lipinski definition) is 4. The van der Waals surface area contributed by atoms with Crippen LogP contribution in [-0.4, -0.2) is 43.3 Å². The summed E-state index contributed by atoms with van der Waals surface area (Å²) in [4.78, 5) is 28.3. The van der Waals surface area contributed by atoms with E-state index in [1.807, 2.05) is 20.8 Å². The van der Waals surface area contributed by atoms with Gasteiger partial charge in [-0.05, 0) is 69.7 Å². The normalized spacial score (nSPS) is 12.5. The first-order chi connectivity index (χ1) is 17.8. The van der Waals surface area contributed by atoms with Gasteiger partial charge in [-0.1, -0.05) is 65.7 Å². The maximum Gasteiger partial charge on any atom is 0.264 e. The van der Waals surface area contributed by atoms with Gasteiger partial charge in [0, 0.05) is 17.1 Å². The maximum atomic E-state index is 13.9. The summed E-state index contributed by atoms with van der Waals surface area (Å²) in [5.41, 5.74) is 0.313. The van der Waals surface area contributed by atoms with Gasteiger partial charge in [0.05, 0.1) is 15.6 Å². The number of benzene rings is 3. The molecule has 3 aromatic rings. The molecule has 0 saturated heterocycles. The molecule has 0 unspecified atom stereocenters. The fourth-order valence-electron chi connectivity index (χ4n) is 3.78. The second kappa shape index (κ2) is 12.2. The molecule has 0 aliphatic heterocycles. The lowest BCUT2D eigenvalue weighted by molar-refractivity contribution is -0.140. The van der Waals surface area contributed by atoms with Crippen LogP contribution in [0.25, 0.3) is 0 Å². The summed E-state index contributed by atoms with van der Waals surface area (Å²) >= 11 is 12.6. The van der Waals surface area contributed by atoms with Gasteiger partial charge in [0.25, 0.3) is 10.0 Å². The van der Waals surface area contributed by atoms with Crippen molar-refractivity contribution in [2.45, 2.75) is 50.7 Å². The van der Waals surface area contributed by atoms with Gasteiger partial charge in [0.1, 0.15) is 12.6 Å². The minimum atomic E-state index is -4.18. The van der Waals surface area contributed by atoms with Crippen LogP contribution in [0.3, 0.4) is 0 Å². The van der Waals surface area contributed by atoms with Crippen molar-refractivity contribution in [1.82, 2.24) is 10.2 Å². The quantitative estimate of drug-likeness (QED) is 0.364. The number of sulfonamides is 1. The lowest BCUT2D eigenvalue weighted by Gasteiger charge is -2.33. The topological polar surface area (TPSA) is 86.8 Å². The van der Waals surface area contributed by atoms with Crippen molar-refractivity contribution in [3.63, 3.8) is 0 Å². The molecule has 3 rings (SSSR count). The van der Waals surface area contributed by atoms with Crippen LogP contribution >= 0.6 is 23.2 Å². The van der Waals surface area contributed by atoms with E-state index in [0.29, 0.717) is 10.6 Å². The lowest BCUT2D eigenvalue weighted by Crippen LogP contribution is -2.54. The van der Waals surface area contributed by atoms with Crippen LogP contribution in [-0.2, 0) is 26.2 Å². The number of halogens is 2. The van der Waals surface area contributed by atoms with Crippen LogP contribution in [0.4, 0.5) is 5.69 Å². The molecular formula is C28H31Cl2N3O4S. The van der Waals surface area contributed by atoms with Gasteiger partial charge in [-0.15, -0.1) is 0 Å². The highest BCUT2D eigenvalue weighted by molar-refractivity contribution is 7.92. The van der Waals surface area contributed by atoms with Gasteiger partial charge >= 0.3 is 0 Å². The van der Waals surface area contributed by atoms with Gasteiger partial charge < -0.3 is 10.2 Å². The third-order valence-corrected chi connectivity index (χ3v) is 7.97. The minimum absolute atomic E-state index is 0.00707. The SMILES string of the molecule is C[C@H](C(=O)NC(C)(C)C)N(Cc1cccc(Cl)c1)C(=O)CN(c1ccccc1Cl)S(=O)(=O)c1ccccc1. The van der Waals surface area contributed by atoms with E-state index in [1.165, 1.54) is 23.1 Å². The summed E-state index contributed by atoms with van der Waals surface area (Å²) in [7, 11) is -4.18. The van der Waals surface area contributed by atoms with Crippen molar-refractivity contribution in [2.24, 2.45) is 0 Å². The third-order valence-electron chi connectivity index (χ3n) is 5.64. The summed E-state index contributed by atoms with van der Waals surface area (Å²) in [5, 5.41) is 3.53. The van der Waals surface area contributed by atoms with Crippen LogP contribution in [0.15, 0.2) is 83.8 Å². The molecule has 3 aromatic carbocycles. The molecule has 2 amide bonds. The molecule has 7 nitrogen and oxygen atoms in total. The first kappa shape index (κ1) is 29.5. The number of carbonyl (C=O) groups excluding carboxylic acids is 2. The van der Waals surface area contributed by atoms with E-state index in [4.69, 9.17) is 23.2 Å². The predicted molar refractivity (Wildman–Crippen MR) is 152 cm³/mol. The van der Waals surface area contributed by atoms with Crippen LogP contribution in [0.1, 0.15) is 33.3 Å². The molecule has 0 radical (unpaired) electrons. The zero-order valence-electron chi connectivity index (χ0n) is 21.7. The standard InChI is InChI=1S/C28H31Cl2N3O4S/c1-20(27(35)31-28(2,3)4)32(18-21-11-10-12-22(29)17-21)26(34)19-33(25-16-9-8-15-24(25)30)38(36,37)23-13-6-5-7-14-23/h5-17,20H,18-19H2,1-4H3,(H,31,35)/t20-/m1/s1. The molecule has 10 heteroatoms. The highest BCUT2D eigenvalue weighted by Gasteiger charge is 2.34. The molecule has 0 spiro atoms. The summed E-state index contributed by atoms with van der Waals surface area (Å²) in [6.07, 6.45) is 0. The summed E-state index contributed by atoms with van der Waals surface area (Å²) in [6.45, 7) is 6.59. The molecular weight excluding hydrogens is 545 g/mol. The monoisotopic (exact) mass is 575 g/mol. The smallest absolute Gasteiger partial charge is 0.264 e. The van der Waals surface area contributed by atoms with Crippen LogP contribution in [0, 0.1) is 0 Å². The Kier molecular flexibility index (Phi) is 9.46. The largest absolute Gasteiger partial charge is 0.350 e. The summed E-state index contributed by atoms with van der Waals surface area (Å²) in [5.74, 6) is -0.955. The Labute approximate surface area is 234 Å². The highest BCUT2D eigenvalue weighted by Crippen LogP contribution is 2.30. The number of amides is 2. The third kappa shape index (κ3) is 7.49. The van der Waals surface area contributed by atoms with Gasteiger partial charge in [0.15, 0.2) is 0 Å². The second-order valence-corrected chi connectivity index (χ2v) is 12.5. The van der Waals surface area contributed by atoms with Crippen molar-refractivity contribution in [2.75, 3.05) is 10.8 Å². The van der Waals surface area contributed by atoms with Crippen LogP contribution in [0.2, 0.25) is 10.0 Å². The van der Waals surface area contributed by atoms with E-state index in [-0.39, 0.29) is 28.1 Å². The first-order valence-electron chi connectivity index (χ1n) is 12.0. The summed E-state index contributed by atoms with van der Waals surface area (Å²) < 4.78 is 28.5. The number of rotatable bonds is 9. The molecule has 38 heavy (non-hydrogen) atoms. The molecule has 202 valence electrons. The van der Waals surface area contributed by atoms with E-state index in [1.54, 1.807) is 67.6 Å². The molecule has 0 aliphatic rings. The molecule has 1 atom stereocenters. The van der Waals surface area contributed by atoms with Gasteiger partial charge in [-0.3, -0.25) is 13.9 Å². The second-order valence-electron chi connectivity index (χ2n) is 9.84. The van der Waals surface area contributed by atoms with Gasteiger partial charge in [0.2, 0.25) is 11.8 Å². The first-order valence-corrected chi connectivity index (χ1v) is 14.2. The molecule has 0 saturated carbocycles. The predicted octanol–water partition coefficient (Wildman–Crippen LogP) is 5.52. The highest BCUT2D eigenvalue weighted by atomic mass is 35.5. The number of para-hydroxylation sites is 1. The maximum absolute atomic E-state index is 13.9. The Morgan fingerprint density at radius 1 is 0.921 bits per heavy atom. The van der Waals surface area contributed by atoms with Crippen molar-refractivity contribution in [1.29, 1.82) is 0 Å². The van der Waals surface area contributed by atoms with E-state index in [0.717, 1.165) is 4.31 Å². The number of nitrogens with one attached hydrogen (secondary N) is 1. The number of hydrogen-bond donors (Lipinski definition) is 1. The Balaban J connectivity index is 2.04. The minimum Gasteiger partial charge on any atom is -0.350 e. The number of anilines is 1. The molecule has 0 heterocycles. The average molecular weight is 577 g/mol. The average Bonchev–Trinajstić information content (AvgIpc) is 2.85. The zero-order chi connectivity index (χ0) is 28.1. The Morgan fingerprint density at radius 3 is 2.16 bits per heavy atom. The summed E-state index contributed by atoms with van der Waals surface area (Å²) in [6, 6.07) is 20.2. The molecule has 0 fully saturated rings. The van der Waals surface area contributed by atoms with Crippen molar-refractivity contribution < 1.29 is 18.0 Å². The molecule has 0 aromatic heterocycles. The van der Waals surface area contributed by atoms with Gasteiger partial charge in [-0.2, -0.15) is 0 Å². The van der Waals surface area contributed by atoms with Crippen LogP contribution in [0.5, 0.6) is 0 Å². The lowest BCUT2D eigenvalue weighted by atomic mass is 10.1. The van der Waals surface area contributed by atoms with E-state index in [9.17, 15) is 18.0 Å². The fraction of sp³-hybridized carbons (Fsp3) is 0.286. The van der Waals surface area contributed by atoms with Gasteiger partial charge in [-0.25, -0.2) is 8.42 Å². The number of carbonyl (C=O) groups is 2. The van der Waals surface area contributed by atoms with E-state index >= 15 is 0 Å². The Bertz CT molecular complexity index is 1390. The van der Waals surface area contributed by atoms with Crippen LogP contribution < -0.4 is 9.62 Å². The van der Waals surface area contributed by atoms with Crippen molar-refractivity contribution in [3.05, 3.63) is 94.5 Å². The molecule has 0 bridgehead atoms. The Morgan fingerprint density at radius 2 is 1.55 bits per heavy atom. The fourth-order valence-corrected chi connectivity index (χ4v) is 5.73. The zero-order valence-corrected chi connectivity index (χ0v) is 24.0. The number of nitrogens with zero attached hydrogens (tertiary/aromatic N) is 2. The van der Waals surface area contributed by atoms with E-state index < -0.39 is 34.1 Å². The van der Waals surface area contributed by atoms with E-state index in [2.05, 4.69) is 5.32 Å². The molecule has 0 aliphatic carbocycles. The van der Waals surface area contributed by atoms with Crippen molar-refractivity contribution >= 4 is 50.7 Å². The van der Waals surface area contributed by atoms with Crippen molar-refractivity contribution in [3.8, 4) is 0 Å². The molecule has 1 N–H and O–H groups in total.